The molecule has 0 bridgehead atoms. The number of carbonyl (C=O) groups excluding carboxylic acids is 2. The molecule has 0 saturated carbocycles. The molecule has 0 aromatic rings. The van der Waals surface area contributed by atoms with Crippen LogP contribution in [-0.4, -0.2) is 47.4 Å². The number of carbonyl (C=O) groups is 2. The third-order valence-electron chi connectivity index (χ3n) is 16.7. The second-order valence-corrected chi connectivity index (χ2v) is 24.6. The molecule has 0 rings (SSSR count). The quantitative estimate of drug-likeness (QED) is 0.0320. The van der Waals surface area contributed by atoms with Crippen molar-refractivity contribution in [1.82, 2.24) is 5.32 Å². The predicted molar refractivity (Wildman–Crippen MR) is 343 cm³/mol. The Balaban J connectivity index is 3.38. The largest absolute Gasteiger partial charge is 0.466 e. The van der Waals surface area contributed by atoms with Crippen LogP contribution in [0.1, 0.15) is 399 Å². The highest BCUT2D eigenvalue weighted by Crippen LogP contribution is 2.19. The molecule has 462 valence electrons. The zero-order chi connectivity index (χ0) is 56.4. The normalized spacial score (nSPS) is 12.6. The second kappa shape index (κ2) is 67.8. The van der Waals surface area contributed by atoms with E-state index in [1.165, 1.54) is 321 Å². The number of nitrogens with one attached hydrogen (secondary N) is 1. The van der Waals surface area contributed by atoms with Crippen LogP contribution in [0.2, 0.25) is 0 Å². The molecule has 2 unspecified atom stereocenters. The Labute approximate surface area is 488 Å². The average molecular weight is 1100 g/mol. The summed E-state index contributed by atoms with van der Waals surface area (Å²) >= 11 is 0. The van der Waals surface area contributed by atoms with Crippen molar-refractivity contribution >= 4 is 11.9 Å². The van der Waals surface area contributed by atoms with Crippen LogP contribution >= 0.6 is 0 Å². The minimum atomic E-state index is -0.665. The van der Waals surface area contributed by atoms with E-state index in [1.54, 1.807) is 0 Å². The molecule has 0 aromatic heterocycles. The Bertz CT molecular complexity index is 1220. The summed E-state index contributed by atoms with van der Waals surface area (Å²) in [6, 6.07) is -0.542. The summed E-state index contributed by atoms with van der Waals surface area (Å²) in [5.41, 5.74) is 0. The topological polar surface area (TPSA) is 95.9 Å². The number of hydrogen-bond acceptors (Lipinski definition) is 5. The lowest BCUT2D eigenvalue weighted by molar-refractivity contribution is -0.143. The minimum Gasteiger partial charge on any atom is -0.466 e. The molecule has 0 saturated heterocycles. The molecule has 0 spiro atoms. The molecule has 78 heavy (non-hydrogen) atoms. The Morgan fingerprint density at radius 2 is 0.603 bits per heavy atom. The van der Waals surface area contributed by atoms with E-state index < -0.39 is 12.1 Å². The molecule has 0 aromatic carbocycles. The Kier molecular flexibility index (Phi) is 66.4. The Morgan fingerprint density at radius 3 is 0.910 bits per heavy atom. The van der Waals surface area contributed by atoms with Gasteiger partial charge in [0.15, 0.2) is 0 Å². The standard InChI is InChI=1S/C72H139NO5/c1-3-5-7-9-11-13-15-17-19-20-31-34-37-40-44-48-52-56-60-64-70(75)69(68-74)73-71(76)65-61-57-53-49-45-41-38-35-32-29-27-25-23-21-22-24-26-28-30-33-36-39-43-47-51-55-59-63-67-78-72(77)66-62-58-54-50-46-42-18-16-14-12-10-8-6-4-2/h16,18,21-22,69-70,74-75H,3-15,17,19-20,23-68H2,1-2H3,(H,73,76)/b18-16-,22-21-. The SMILES string of the molecule is CCCCCCC/C=C\CCCCCCCC(=O)OCCCCCCCCCCCCCC/C=C\CCCCCCCCCCCCCCC(=O)NC(CO)C(O)CCCCCCCCCCCCCCCCCCCCC. The smallest absolute Gasteiger partial charge is 0.305 e. The van der Waals surface area contributed by atoms with E-state index in [4.69, 9.17) is 4.74 Å². The third-order valence-corrected chi connectivity index (χ3v) is 16.7. The summed E-state index contributed by atoms with van der Waals surface area (Å²) in [4.78, 5) is 24.6. The average Bonchev–Trinajstić information content (AvgIpc) is 3.44. The molecule has 6 heteroatoms. The summed E-state index contributed by atoms with van der Waals surface area (Å²) < 4.78 is 5.48. The van der Waals surface area contributed by atoms with Gasteiger partial charge in [-0.05, 0) is 77.0 Å². The van der Waals surface area contributed by atoms with Crippen molar-refractivity contribution in [3.05, 3.63) is 24.3 Å². The van der Waals surface area contributed by atoms with Crippen molar-refractivity contribution in [3.63, 3.8) is 0 Å². The van der Waals surface area contributed by atoms with Crippen LogP contribution in [0, 0.1) is 0 Å². The van der Waals surface area contributed by atoms with E-state index in [2.05, 4.69) is 43.5 Å². The molecule has 0 heterocycles. The van der Waals surface area contributed by atoms with Gasteiger partial charge >= 0.3 is 5.97 Å². The van der Waals surface area contributed by atoms with Gasteiger partial charge < -0.3 is 20.3 Å². The summed E-state index contributed by atoms with van der Waals surface area (Å²) in [5, 5.41) is 23.4. The predicted octanol–water partition coefficient (Wildman–Crippen LogP) is 22.9. The lowest BCUT2D eigenvalue weighted by atomic mass is 10.0. The Hall–Kier alpha value is -1.66. The van der Waals surface area contributed by atoms with Gasteiger partial charge in [-0.25, -0.2) is 0 Å². The monoisotopic (exact) mass is 1100 g/mol. The molecule has 3 N–H and O–H groups in total. The van der Waals surface area contributed by atoms with Gasteiger partial charge in [0.1, 0.15) is 0 Å². The van der Waals surface area contributed by atoms with Crippen LogP contribution in [0.15, 0.2) is 24.3 Å². The molecule has 0 aliphatic heterocycles. The van der Waals surface area contributed by atoms with Gasteiger partial charge in [0.2, 0.25) is 5.91 Å². The van der Waals surface area contributed by atoms with Crippen molar-refractivity contribution < 1.29 is 24.5 Å². The number of ether oxygens (including phenoxy) is 1. The van der Waals surface area contributed by atoms with Crippen LogP contribution in [0.4, 0.5) is 0 Å². The van der Waals surface area contributed by atoms with Crippen molar-refractivity contribution in [2.45, 2.75) is 411 Å². The molecule has 0 radical (unpaired) electrons. The molecule has 6 nitrogen and oxygen atoms in total. The van der Waals surface area contributed by atoms with Gasteiger partial charge in [0, 0.05) is 12.8 Å². The fourth-order valence-electron chi connectivity index (χ4n) is 11.3. The summed E-state index contributed by atoms with van der Waals surface area (Å²) in [5.74, 6) is -0.0229. The van der Waals surface area contributed by atoms with E-state index in [-0.39, 0.29) is 18.5 Å². The van der Waals surface area contributed by atoms with Crippen LogP contribution in [0.25, 0.3) is 0 Å². The van der Waals surface area contributed by atoms with Gasteiger partial charge in [-0.2, -0.15) is 0 Å². The van der Waals surface area contributed by atoms with Crippen LogP contribution in [0.5, 0.6) is 0 Å². The first-order valence-corrected chi connectivity index (χ1v) is 35.6. The number of hydrogen-bond donors (Lipinski definition) is 3. The Morgan fingerprint density at radius 1 is 0.346 bits per heavy atom. The highest BCUT2D eigenvalue weighted by Gasteiger charge is 2.20. The van der Waals surface area contributed by atoms with Gasteiger partial charge in [-0.3, -0.25) is 9.59 Å². The summed E-state index contributed by atoms with van der Waals surface area (Å²) in [7, 11) is 0. The molecule has 2 atom stereocenters. The number of esters is 1. The fraction of sp³-hybridized carbons (Fsp3) is 0.917. The summed E-state index contributed by atoms with van der Waals surface area (Å²) in [6.07, 6.45) is 85.1. The number of amides is 1. The minimum absolute atomic E-state index is 0.00799. The van der Waals surface area contributed by atoms with Gasteiger partial charge in [0.25, 0.3) is 0 Å². The van der Waals surface area contributed by atoms with Crippen molar-refractivity contribution in [2.24, 2.45) is 0 Å². The van der Waals surface area contributed by atoms with Crippen LogP contribution < -0.4 is 5.32 Å². The number of rotatable bonds is 67. The van der Waals surface area contributed by atoms with E-state index in [0.29, 0.717) is 25.9 Å². The zero-order valence-corrected chi connectivity index (χ0v) is 52.9. The van der Waals surface area contributed by atoms with E-state index in [0.717, 1.165) is 44.9 Å². The van der Waals surface area contributed by atoms with E-state index in [1.807, 2.05) is 0 Å². The highest BCUT2D eigenvalue weighted by molar-refractivity contribution is 5.76. The van der Waals surface area contributed by atoms with Crippen molar-refractivity contribution in [1.29, 1.82) is 0 Å². The van der Waals surface area contributed by atoms with Crippen LogP contribution in [0.3, 0.4) is 0 Å². The first kappa shape index (κ1) is 76.3. The lowest BCUT2D eigenvalue weighted by Gasteiger charge is -2.22. The van der Waals surface area contributed by atoms with Crippen molar-refractivity contribution in [2.75, 3.05) is 13.2 Å². The fourth-order valence-corrected chi connectivity index (χ4v) is 11.3. The van der Waals surface area contributed by atoms with Crippen LogP contribution in [-0.2, 0) is 14.3 Å². The van der Waals surface area contributed by atoms with Gasteiger partial charge in [-0.1, -0.05) is 334 Å². The van der Waals surface area contributed by atoms with Crippen molar-refractivity contribution in [3.8, 4) is 0 Å². The first-order chi connectivity index (χ1) is 38.5. The lowest BCUT2D eigenvalue weighted by Crippen LogP contribution is -2.45. The number of allylic oxidation sites excluding steroid dienone is 4. The maximum absolute atomic E-state index is 12.5. The van der Waals surface area contributed by atoms with E-state index >= 15 is 0 Å². The zero-order valence-electron chi connectivity index (χ0n) is 52.9. The van der Waals surface area contributed by atoms with E-state index in [9.17, 15) is 19.8 Å². The molecule has 0 fully saturated rings. The number of unbranched alkanes of at least 4 members (excludes halogenated alkanes) is 52. The molecular weight excluding hydrogens is 959 g/mol. The third kappa shape index (κ3) is 63.5. The number of aliphatic hydroxyl groups is 2. The molecule has 0 aliphatic carbocycles. The first-order valence-electron chi connectivity index (χ1n) is 35.6. The highest BCUT2D eigenvalue weighted by atomic mass is 16.5. The maximum atomic E-state index is 12.5. The van der Waals surface area contributed by atoms with Gasteiger partial charge in [-0.15, -0.1) is 0 Å². The second-order valence-electron chi connectivity index (χ2n) is 24.6. The number of aliphatic hydroxyl groups excluding tert-OH is 2. The molecule has 1 amide bonds. The molecular formula is C72H139NO5. The molecule has 0 aliphatic rings. The maximum Gasteiger partial charge on any atom is 0.305 e. The van der Waals surface area contributed by atoms with Gasteiger partial charge in [0.05, 0.1) is 25.4 Å². The summed E-state index contributed by atoms with van der Waals surface area (Å²) in [6.45, 7) is 4.98.